The minimum absolute atomic E-state index is 0. The maximum Gasteiger partial charge on any atom is 0.329 e. The molecule has 3 fully saturated rings. The molecule has 5 atom stereocenters. The molecule has 99 heavy (non-hydrogen) atoms. The molecule has 2 aromatic heterocycles. The minimum Gasteiger partial charge on any atom is -0.480 e. The number of Topliss-reactive ketones (excluding diaryl/α,β-unsaturated/α-hetero) is 3. The van der Waals surface area contributed by atoms with Gasteiger partial charge in [0.15, 0.2) is 0 Å². The summed E-state index contributed by atoms with van der Waals surface area (Å²) in [5, 5.41) is 16.7. The summed E-state index contributed by atoms with van der Waals surface area (Å²) in [6, 6.07) is 37.5. The van der Waals surface area contributed by atoms with E-state index in [1.165, 1.54) is 30.6 Å². The SMILES string of the molecule is C.CCC(C)(C)C(=O)C(=O)N1CCC[C@H]1C(=O)O.CCC(C)(C)C(=O)C(=O)N1CCC[C@H]1C(=O)O[C@@H](CN)CCc1cccnc1.CCC(C)(C)C(=O)C(=O)N1CCC[C@H]1C(=O)O[C@H](CCc1cccnc1)CN=[N+]=[N-].O.S.S.S.[2HH].c1ccc(P(c2ccccc2)c2ccccc2)cc1. The first-order valence-electron chi connectivity index (χ1n) is 32.5. The van der Waals surface area contributed by atoms with Crippen molar-refractivity contribution in [3.63, 3.8) is 0 Å². The quantitative estimate of drug-likeness (QED) is 0.0130. The predicted octanol–water partition coefficient (Wildman–Crippen LogP) is 10.0. The third-order valence-electron chi connectivity index (χ3n) is 17.6. The van der Waals surface area contributed by atoms with E-state index in [1.54, 1.807) is 66.3 Å². The lowest BCUT2D eigenvalue weighted by Crippen LogP contribution is -2.48. The lowest BCUT2D eigenvalue weighted by Gasteiger charge is -2.28. The summed E-state index contributed by atoms with van der Waals surface area (Å²) < 4.78 is 11.2. The number of nitrogens with two attached hydrogens (primary N) is 1. The van der Waals surface area contributed by atoms with Gasteiger partial charge in [0.05, 0.1) is 6.54 Å². The van der Waals surface area contributed by atoms with Crippen LogP contribution in [0.25, 0.3) is 10.4 Å². The van der Waals surface area contributed by atoms with Gasteiger partial charge in [0.25, 0.3) is 17.7 Å². The van der Waals surface area contributed by atoms with E-state index in [4.69, 9.17) is 25.8 Å². The molecule has 5 aromatic rings. The van der Waals surface area contributed by atoms with Gasteiger partial charge in [0.2, 0.25) is 17.3 Å². The fourth-order valence-corrected chi connectivity index (χ4v) is 12.8. The Bertz CT molecular complexity index is 3270. The van der Waals surface area contributed by atoms with E-state index in [-0.39, 0.29) is 67.9 Å². The number of benzene rings is 3. The number of carboxylic acids is 1. The second-order valence-electron chi connectivity index (χ2n) is 25.4. The number of esters is 2. The predicted molar refractivity (Wildman–Crippen MR) is 406 cm³/mol. The number of aromatic nitrogens is 2. The number of likely N-dealkylation sites (tertiary alicyclic amines) is 3. The second-order valence-corrected chi connectivity index (χ2v) is 27.6. The van der Waals surface area contributed by atoms with Gasteiger partial charge in [0, 0.05) is 73.5 Å². The number of pyridine rings is 2. The van der Waals surface area contributed by atoms with E-state index in [9.17, 15) is 43.2 Å². The molecular weight excluding hydrogens is 1340 g/mol. The molecule has 0 radical (unpaired) electrons. The molecule has 0 bridgehead atoms. The maximum absolute atomic E-state index is 12.8. The summed E-state index contributed by atoms with van der Waals surface area (Å²) in [5.41, 5.74) is 14.2. The van der Waals surface area contributed by atoms with Crippen molar-refractivity contribution >= 4 is 117 Å². The van der Waals surface area contributed by atoms with Crippen LogP contribution >= 0.6 is 48.4 Å². The topological polar surface area (TPSA) is 334 Å². The van der Waals surface area contributed by atoms with Gasteiger partial charge in [-0.2, -0.15) is 40.5 Å². The van der Waals surface area contributed by atoms with Gasteiger partial charge in [-0.1, -0.05) is 178 Å². The Balaban J connectivity index is 0. The van der Waals surface area contributed by atoms with E-state index in [0.717, 1.165) is 11.1 Å². The number of hydrogen-bond acceptors (Lipinski definition) is 15. The molecule has 3 amide bonds. The zero-order chi connectivity index (χ0) is 69.0. The Morgan fingerprint density at radius 1 is 0.566 bits per heavy atom. The number of aliphatic carboxylic acids is 1. The Labute approximate surface area is 608 Å². The Hall–Kier alpha value is -7.50. The normalized spacial score (nSPS) is 15.8. The first kappa shape index (κ1) is 91.5. The second kappa shape index (κ2) is 45.3. The molecule has 22 nitrogen and oxygen atoms in total. The van der Waals surface area contributed by atoms with Crippen molar-refractivity contribution in [2.45, 2.75) is 184 Å². The van der Waals surface area contributed by atoms with Crippen LogP contribution in [0.3, 0.4) is 0 Å². The molecule has 0 unspecified atom stereocenters. The molecule has 26 heteroatoms. The highest BCUT2D eigenvalue weighted by atomic mass is 32.1. The fraction of sp³-hybridized carbons (Fsp3) is 0.493. The van der Waals surface area contributed by atoms with E-state index in [2.05, 4.69) is 111 Å². The average Bonchev–Trinajstić information content (AvgIpc) is 1.51. The number of ether oxygens (including phenoxy) is 2. The Morgan fingerprint density at radius 3 is 1.19 bits per heavy atom. The van der Waals surface area contributed by atoms with Crippen molar-refractivity contribution in [1.29, 1.82) is 0 Å². The third kappa shape index (κ3) is 27.2. The van der Waals surface area contributed by atoms with Gasteiger partial charge in [-0.05, 0) is 136 Å². The molecule has 3 aliphatic heterocycles. The number of carbonyl (C=O) groups excluding carboxylic acids is 8. The van der Waals surface area contributed by atoms with E-state index in [0.29, 0.717) is 103 Å². The summed E-state index contributed by atoms with van der Waals surface area (Å²) in [6.45, 7) is 17.2. The lowest BCUT2D eigenvalue weighted by molar-refractivity contribution is -0.160. The largest absolute Gasteiger partial charge is 0.480 e. The molecule has 5 heterocycles. The zero-order valence-corrected chi connectivity index (χ0v) is 61.8. The average molecular weight is 1450 g/mol. The van der Waals surface area contributed by atoms with Gasteiger partial charge in [-0.3, -0.25) is 38.7 Å². The van der Waals surface area contributed by atoms with Crippen LogP contribution in [0.2, 0.25) is 0 Å². The van der Waals surface area contributed by atoms with Crippen molar-refractivity contribution in [1.82, 2.24) is 24.7 Å². The highest BCUT2D eigenvalue weighted by Crippen LogP contribution is 2.33. The molecule has 3 saturated heterocycles. The third-order valence-corrected chi connectivity index (χ3v) is 20.1. The van der Waals surface area contributed by atoms with Crippen molar-refractivity contribution in [2.24, 2.45) is 27.1 Å². The first-order chi connectivity index (χ1) is 44.9. The molecule has 0 spiro atoms. The number of azide groups is 1. The number of nitrogens with zero attached hydrogens (tertiary/aromatic N) is 8. The highest BCUT2D eigenvalue weighted by Gasteiger charge is 2.45. The van der Waals surface area contributed by atoms with Crippen LogP contribution in [0.5, 0.6) is 0 Å². The van der Waals surface area contributed by atoms with Crippen LogP contribution in [0, 0.1) is 16.2 Å². The minimum atomic E-state index is -1.03. The monoisotopic (exact) mass is 1450 g/mol. The fourth-order valence-electron chi connectivity index (χ4n) is 10.5. The maximum atomic E-state index is 12.8. The number of carbonyl (C=O) groups is 9. The molecule has 5 N–H and O–H groups in total. The van der Waals surface area contributed by atoms with Gasteiger partial charge >= 0.3 is 17.9 Å². The summed E-state index contributed by atoms with van der Waals surface area (Å²) in [5.74, 6) is -5.39. The Morgan fingerprint density at radius 2 is 0.889 bits per heavy atom. The number of rotatable bonds is 26. The van der Waals surface area contributed by atoms with Gasteiger partial charge in [-0.25, -0.2) is 14.4 Å². The number of aryl methyl sites for hydroxylation is 2. The number of carboxylic acid groups (broad SMARTS) is 1. The molecule has 546 valence electrons. The highest BCUT2D eigenvalue weighted by molar-refractivity contribution is 7.79. The van der Waals surface area contributed by atoms with Crippen LogP contribution in [0.1, 0.15) is 153 Å². The molecule has 3 aromatic carbocycles. The van der Waals surface area contributed by atoms with Gasteiger partial charge in [-0.15, -0.1) is 0 Å². The summed E-state index contributed by atoms with van der Waals surface area (Å²) in [4.78, 5) is 126. The van der Waals surface area contributed by atoms with Crippen LogP contribution < -0.4 is 21.6 Å². The van der Waals surface area contributed by atoms with Crippen LogP contribution in [0.15, 0.2) is 145 Å². The first-order valence-corrected chi connectivity index (χ1v) is 33.8. The molecule has 0 saturated carbocycles. The van der Waals surface area contributed by atoms with E-state index in [1.807, 2.05) is 45.0 Å². The summed E-state index contributed by atoms with van der Waals surface area (Å²) >= 11 is 0. The standard InChI is InChI=1S/C21H29N5O4.C21H31N3O4.C18H15P.C12H19NO4.CH4.H2O.3H2S.H2/c1-4-21(2,3)18(27)19(28)26-12-6-8-17(26)20(29)30-16(14-24-25-22)10-9-15-7-5-11-23-13-15;1-4-21(2,3)18(25)19(26)24-12-6-8-17(24)20(27)28-16(13-22)10-9-15-7-5-11-23-14-15;1-4-10-16(11-5-1)19(17-12-6-2-7-13-17)18-14-8-3-9-15-18;1-4-12(2,3)9(14)10(15)13-7-5-6-8(13)11(16)17;;;;;;/h5,7,11,13,16-17H,4,6,8-10,12,14H2,1-3H3;5,7,11,14,16-17H,4,6,8-10,12-13,22H2,1-3H3;1-15H;8H,4-7H2,1-3H3,(H,16,17);1H4;4*1H2;1H/t2*16-,17+;;8-;;;;;;/m11.0....../s1/i;;;;;;;;;1+1. The van der Waals surface area contributed by atoms with E-state index < -0.39 is 107 Å². The molecule has 8 rings (SSSR count). The van der Waals surface area contributed by atoms with Crippen molar-refractivity contribution in [3.8, 4) is 0 Å². The van der Waals surface area contributed by atoms with Gasteiger partial charge in [0.1, 0.15) is 30.3 Å². The van der Waals surface area contributed by atoms with Gasteiger partial charge < -0.3 is 40.5 Å². The Kier molecular flexibility index (Phi) is 41.9. The van der Waals surface area contributed by atoms with Crippen molar-refractivity contribution in [3.05, 3.63) is 162 Å². The van der Waals surface area contributed by atoms with E-state index >= 15 is 0 Å². The number of hydrogen-bond donors (Lipinski definition) is 2. The molecular formula is C73H108N9O13PS3. The number of amides is 3. The van der Waals surface area contributed by atoms with Crippen molar-refractivity contribution < 1.29 is 64.6 Å². The molecule has 3 aliphatic rings. The van der Waals surface area contributed by atoms with Crippen LogP contribution in [0.4, 0.5) is 0 Å². The summed E-state index contributed by atoms with van der Waals surface area (Å²) in [7, 11) is -0.446. The smallest absolute Gasteiger partial charge is 0.329 e. The lowest BCUT2D eigenvalue weighted by atomic mass is 9.84. The molecule has 0 aliphatic carbocycles. The zero-order valence-electron chi connectivity index (χ0n) is 57.9. The van der Waals surface area contributed by atoms with Crippen LogP contribution in [-0.4, -0.2) is 151 Å². The van der Waals surface area contributed by atoms with Crippen LogP contribution in [-0.2, 0) is 65.5 Å². The summed E-state index contributed by atoms with van der Waals surface area (Å²) in [6.07, 6.45) is 13.1. The number of ketones is 3. The van der Waals surface area contributed by atoms with Crippen molar-refractivity contribution in [2.75, 3.05) is 32.7 Å².